The smallest absolute Gasteiger partial charge is 0.224 e. The SMILES string of the molecule is CN1C(C)(C)C(C2(O)CCCCC2)=[N+]([O-])C1(C)C. The first kappa shape index (κ1) is 13.8. The molecule has 0 bridgehead atoms. The van der Waals surface area contributed by atoms with Gasteiger partial charge in [-0.1, -0.05) is 19.3 Å². The Morgan fingerprint density at radius 2 is 1.61 bits per heavy atom. The van der Waals surface area contributed by atoms with Crippen molar-refractivity contribution in [2.24, 2.45) is 0 Å². The van der Waals surface area contributed by atoms with Crippen LogP contribution in [0.5, 0.6) is 0 Å². The molecule has 4 heteroatoms. The van der Waals surface area contributed by atoms with Gasteiger partial charge in [0.05, 0.1) is 0 Å². The molecule has 1 saturated carbocycles. The van der Waals surface area contributed by atoms with Crippen LogP contribution < -0.4 is 0 Å². The number of aliphatic hydroxyl groups is 1. The van der Waals surface area contributed by atoms with Crippen molar-refractivity contribution < 1.29 is 9.85 Å². The molecule has 0 atom stereocenters. The van der Waals surface area contributed by atoms with Gasteiger partial charge in [-0.25, -0.2) is 4.90 Å². The summed E-state index contributed by atoms with van der Waals surface area (Å²) < 4.78 is 1.05. The lowest BCUT2D eigenvalue weighted by Crippen LogP contribution is -2.56. The number of nitrogens with zero attached hydrogens (tertiary/aromatic N) is 2. The summed E-state index contributed by atoms with van der Waals surface area (Å²) in [5.41, 5.74) is -1.24. The lowest BCUT2D eigenvalue weighted by Gasteiger charge is -2.37. The van der Waals surface area contributed by atoms with E-state index in [1.54, 1.807) is 0 Å². The van der Waals surface area contributed by atoms with Crippen LogP contribution in [0.4, 0.5) is 0 Å². The summed E-state index contributed by atoms with van der Waals surface area (Å²) in [5, 5.41) is 23.6. The van der Waals surface area contributed by atoms with Crippen molar-refractivity contribution in [3.05, 3.63) is 5.21 Å². The predicted octanol–water partition coefficient (Wildman–Crippen LogP) is 2.09. The van der Waals surface area contributed by atoms with Crippen molar-refractivity contribution in [3.8, 4) is 0 Å². The fourth-order valence-corrected chi connectivity index (χ4v) is 3.63. The molecule has 1 N–H and O–H groups in total. The molecule has 0 aromatic carbocycles. The molecule has 4 nitrogen and oxygen atoms in total. The summed E-state index contributed by atoms with van der Waals surface area (Å²) in [4.78, 5) is 2.06. The molecule has 0 aromatic rings. The van der Waals surface area contributed by atoms with E-state index in [4.69, 9.17) is 0 Å². The fourth-order valence-electron chi connectivity index (χ4n) is 3.63. The van der Waals surface area contributed by atoms with Gasteiger partial charge in [0.25, 0.3) is 0 Å². The van der Waals surface area contributed by atoms with Crippen LogP contribution in [0.1, 0.15) is 59.8 Å². The monoisotopic (exact) mass is 254 g/mol. The van der Waals surface area contributed by atoms with Crippen molar-refractivity contribution in [3.63, 3.8) is 0 Å². The molecule has 1 aliphatic carbocycles. The summed E-state index contributed by atoms with van der Waals surface area (Å²) in [6.45, 7) is 7.91. The lowest BCUT2D eigenvalue weighted by molar-refractivity contribution is -0.559. The normalized spacial score (nSPS) is 30.8. The Kier molecular flexibility index (Phi) is 3.02. The Hall–Kier alpha value is -0.610. The Balaban J connectivity index is 2.50. The second-order valence-corrected chi connectivity index (χ2v) is 6.85. The first-order valence-electron chi connectivity index (χ1n) is 6.95. The third-order valence-electron chi connectivity index (χ3n) is 5.06. The minimum atomic E-state index is -0.911. The molecule has 104 valence electrons. The van der Waals surface area contributed by atoms with Crippen molar-refractivity contribution in [2.45, 2.75) is 76.6 Å². The molecule has 0 radical (unpaired) electrons. The van der Waals surface area contributed by atoms with Gasteiger partial charge < -0.3 is 10.3 Å². The second kappa shape index (κ2) is 3.94. The quantitative estimate of drug-likeness (QED) is 0.576. The number of hydrogen-bond donors (Lipinski definition) is 1. The molecule has 18 heavy (non-hydrogen) atoms. The zero-order valence-electron chi connectivity index (χ0n) is 12.3. The Bertz CT molecular complexity index is 379. The summed E-state index contributed by atoms with van der Waals surface area (Å²) in [6, 6.07) is 0. The number of rotatable bonds is 1. The molecule has 2 rings (SSSR count). The minimum Gasteiger partial charge on any atom is -0.622 e. The van der Waals surface area contributed by atoms with E-state index >= 15 is 0 Å². The van der Waals surface area contributed by atoms with E-state index in [1.165, 1.54) is 0 Å². The van der Waals surface area contributed by atoms with Gasteiger partial charge in [-0.2, -0.15) is 4.74 Å². The Labute approximate surface area is 110 Å². The first-order valence-corrected chi connectivity index (χ1v) is 6.95. The standard InChI is InChI=1S/C14H26N2O2/c1-12(2)11(14(17)9-7-6-8-10-14)16(18)13(3,4)15(12)5/h17H,6-10H2,1-5H3. The maximum absolute atomic E-state index is 12.6. The van der Waals surface area contributed by atoms with E-state index in [2.05, 4.69) is 4.90 Å². The third kappa shape index (κ3) is 1.69. The molecule has 1 heterocycles. The van der Waals surface area contributed by atoms with Crippen LogP contribution in [-0.2, 0) is 0 Å². The van der Waals surface area contributed by atoms with Gasteiger partial charge in [0.1, 0.15) is 11.1 Å². The van der Waals surface area contributed by atoms with Crippen LogP contribution in [0.2, 0.25) is 0 Å². The predicted molar refractivity (Wildman–Crippen MR) is 72.6 cm³/mol. The van der Waals surface area contributed by atoms with Crippen LogP contribution in [-0.4, -0.2) is 44.3 Å². The van der Waals surface area contributed by atoms with Gasteiger partial charge >= 0.3 is 0 Å². The largest absolute Gasteiger partial charge is 0.622 e. The van der Waals surface area contributed by atoms with E-state index in [9.17, 15) is 10.3 Å². The molecule has 0 amide bonds. The molecule has 2 aliphatic rings. The van der Waals surface area contributed by atoms with Crippen molar-refractivity contribution in [1.29, 1.82) is 0 Å². The summed E-state index contributed by atoms with van der Waals surface area (Å²) in [6.07, 6.45) is 4.61. The number of hydroxylamine groups is 1. The second-order valence-electron chi connectivity index (χ2n) is 6.85. The Morgan fingerprint density at radius 3 is 2.00 bits per heavy atom. The third-order valence-corrected chi connectivity index (χ3v) is 5.06. The molecular formula is C14H26N2O2. The summed E-state index contributed by atoms with van der Waals surface area (Å²) >= 11 is 0. The van der Waals surface area contributed by atoms with Gasteiger partial charge in [0, 0.05) is 13.8 Å². The van der Waals surface area contributed by atoms with Crippen LogP contribution in [0.25, 0.3) is 0 Å². The lowest BCUT2D eigenvalue weighted by atomic mass is 9.75. The summed E-state index contributed by atoms with van der Waals surface area (Å²) in [7, 11) is 1.96. The fraction of sp³-hybridized carbons (Fsp3) is 0.929. The highest BCUT2D eigenvalue weighted by Gasteiger charge is 2.60. The van der Waals surface area contributed by atoms with Gasteiger partial charge in [0.15, 0.2) is 0 Å². The summed E-state index contributed by atoms with van der Waals surface area (Å²) in [5.74, 6) is 0. The highest BCUT2D eigenvalue weighted by molar-refractivity contribution is 5.97. The minimum absolute atomic E-state index is 0.392. The van der Waals surface area contributed by atoms with Gasteiger partial charge in [-0.3, -0.25) is 0 Å². The zero-order chi connectivity index (χ0) is 13.8. The highest BCUT2D eigenvalue weighted by Crippen LogP contribution is 2.41. The molecule has 1 fully saturated rings. The van der Waals surface area contributed by atoms with Crippen molar-refractivity contribution in [1.82, 2.24) is 4.90 Å². The molecule has 0 unspecified atom stereocenters. The van der Waals surface area contributed by atoms with Crippen LogP contribution in [0.3, 0.4) is 0 Å². The highest BCUT2D eigenvalue weighted by atomic mass is 16.5. The van der Waals surface area contributed by atoms with E-state index in [-0.39, 0.29) is 0 Å². The number of hydrogen-bond acceptors (Lipinski definition) is 3. The van der Waals surface area contributed by atoms with Crippen LogP contribution >= 0.6 is 0 Å². The van der Waals surface area contributed by atoms with E-state index in [0.29, 0.717) is 18.6 Å². The molecular weight excluding hydrogens is 228 g/mol. The topological polar surface area (TPSA) is 49.5 Å². The first-order chi connectivity index (χ1) is 8.14. The zero-order valence-corrected chi connectivity index (χ0v) is 12.3. The maximum atomic E-state index is 12.6. The van der Waals surface area contributed by atoms with Crippen LogP contribution in [0, 0.1) is 5.21 Å². The van der Waals surface area contributed by atoms with Crippen LogP contribution in [0.15, 0.2) is 0 Å². The molecule has 0 spiro atoms. The average molecular weight is 254 g/mol. The molecule has 0 aromatic heterocycles. The van der Waals surface area contributed by atoms with E-state index in [0.717, 1.165) is 24.0 Å². The van der Waals surface area contributed by atoms with Gasteiger partial charge in [-0.05, 0) is 33.7 Å². The van der Waals surface area contributed by atoms with E-state index < -0.39 is 16.8 Å². The van der Waals surface area contributed by atoms with Crippen molar-refractivity contribution >= 4 is 5.71 Å². The maximum Gasteiger partial charge on any atom is 0.224 e. The van der Waals surface area contributed by atoms with Crippen molar-refractivity contribution in [2.75, 3.05) is 7.05 Å². The van der Waals surface area contributed by atoms with Gasteiger partial charge in [-0.15, -0.1) is 0 Å². The molecule has 1 aliphatic heterocycles. The Morgan fingerprint density at radius 1 is 1.11 bits per heavy atom. The average Bonchev–Trinajstić information content (AvgIpc) is 2.39. The van der Waals surface area contributed by atoms with E-state index in [1.807, 2.05) is 34.7 Å². The van der Waals surface area contributed by atoms with Gasteiger partial charge in [0.2, 0.25) is 11.4 Å². The molecule has 0 saturated heterocycles.